The molecule has 1 aliphatic rings. The average Bonchev–Trinajstić information content (AvgIpc) is 3.03. The molecule has 5 rings (SSSR count). The predicted octanol–water partition coefficient (Wildman–Crippen LogP) is 7.07. The number of rotatable bonds is 9. The summed E-state index contributed by atoms with van der Waals surface area (Å²) in [5.41, 5.74) is 7.02. The maximum absolute atomic E-state index is 11.7. The lowest BCUT2D eigenvalue weighted by Crippen LogP contribution is -2.16. The maximum atomic E-state index is 11.7. The van der Waals surface area contributed by atoms with Crippen LogP contribution < -0.4 is 4.90 Å². The van der Waals surface area contributed by atoms with Gasteiger partial charge in [0.2, 0.25) is 11.4 Å². The molecule has 0 aliphatic heterocycles. The third-order valence-electron chi connectivity index (χ3n) is 7.48. The minimum Gasteiger partial charge on any atom is -0.342 e. The van der Waals surface area contributed by atoms with Gasteiger partial charge in [-0.2, -0.15) is 21.4 Å². The van der Waals surface area contributed by atoms with Crippen molar-refractivity contribution in [2.75, 3.05) is 18.0 Å². The lowest BCUT2D eigenvalue weighted by molar-refractivity contribution is -0.434. The SMILES string of the molecule is CCN(c1ccc(C(=C2C=CC(=[N+](CC)c3cccc(S(=O)(=O)O)c3)C=C2)c2ccccc2)cc1)c1cccc(S(=O)(=O)O)c1. The van der Waals surface area contributed by atoms with E-state index in [1.165, 1.54) is 24.3 Å². The smallest absolute Gasteiger partial charge is 0.294 e. The molecule has 0 saturated heterocycles. The molecule has 0 radical (unpaired) electrons. The molecule has 230 valence electrons. The molecule has 0 amide bonds. The summed E-state index contributed by atoms with van der Waals surface area (Å²) in [6, 6.07) is 30.5. The fourth-order valence-corrected chi connectivity index (χ4v) is 6.41. The second-order valence-corrected chi connectivity index (χ2v) is 13.1. The van der Waals surface area contributed by atoms with Gasteiger partial charge in [0, 0.05) is 42.2 Å². The van der Waals surface area contributed by atoms with Crippen LogP contribution in [0.25, 0.3) is 5.57 Å². The first-order valence-electron chi connectivity index (χ1n) is 14.3. The van der Waals surface area contributed by atoms with Crippen molar-refractivity contribution in [2.24, 2.45) is 0 Å². The average molecular weight is 642 g/mol. The second-order valence-electron chi connectivity index (χ2n) is 10.3. The van der Waals surface area contributed by atoms with Crippen molar-refractivity contribution in [3.8, 4) is 0 Å². The molecule has 0 bridgehead atoms. The Labute approximate surface area is 264 Å². The Morgan fingerprint density at radius 1 is 0.644 bits per heavy atom. The van der Waals surface area contributed by atoms with Gasteiger partial charge in [-0.25, -0.2) is 0 Å². The lowest BCUT2D eigenvalue weighted by atomic mass is 9.90. The fraction of sp³-hybridized carbons (Fsp3) is 0.114. The Balaban J connectivity index is 1.54. The van der Waals surface area contributed by atoms with Crippen LogP contribution in [0.15, 0.2) is 143 Å². The summed E-state index contributed by atoms with van der Waals surface area (Å²) in [6.45, 7) is 5.09. The van der Waals surface area contributed by atoms with Crippen LogP contribution in [0.5, 0.6) is 0 Å². The van der Waals surface area contributed by atoms with E-state index in [0.717, 1.165) is 33.7 Å². The highest BCUT2D eigenvalue weighted by molar-refractivity contribution is 7.86. The van der Waals surface area contributed by atoms with Gasteiger partial charge in [0.15, 0.2) is 0 Å². The highest BCUT2D eigenvalue weighted by atomic mass is 32.2. The van der Waals surface area contributed by atoms with E-state index in [2.05, 4.69) is 12.1 Å². The lowest BCUT2D eigenvalue weighted by Gasteiger charge is -2.24. The molecule has 0 fully saturated rings. The third kappa shape index (κ3) is 7.21. The van der Waals surface area contributed by atoms with E-state index in [1.807, 2.05) is 90.1 Å². The van der Waals surface area contributed by atoms with Crippen LogP contribution in [-0.4, -0.2) is 49.3 Å². The molecule has 10 heteroatoms. The van der Waals surface area contributed by atoms with Crippen LogP contribution in [0.3, 0.4) is 0 Å². The van der Waals surface area contributed by atoms with Crippen LogP contribution in [0, 0.1) is 0 Å². The molecule has 0 saturated carbocycles. The van der Waals surface area contributed by atoms with Gasteiger partial charge in [0.05, 0.1) is 4.90 Å². The Kier molecular flexibility index (Phi) is 9.31. The number of hydrogen-bond donors (Lipinski definition) is 2. The van der Waals surface area contributed by atoms with Crippen LogP contribution in [0.4, 0.5) is 17.1 Å². The maximum Gasteiger partial charge on any atom is 0.294 e. The predicted molar refractivity (Wildman–Crippen MR) is 178 cm³/mol. The van der Waals surface area contributed by atoms with E-state index in [9.17, 15) is 25.9 Å². The Hall–Kier alpha value is -4.61. The summed E-state index contributed by atoms with van der Waals surface area (Å²) >= 11 is 0. The molecule has 45 heavy (non-hydrogen) atoms. The first-order valence-corrected chi connectivity index (χ1v) is 17.2. The minimum atomic E-state index is -4.33. The molecule has 0 aromatic heterocycles. The third-order valence-corrected chi connectivity index (χ3v) is 9.18. The van der Waals surface area contributed by atoms with Crippen LogP contribution in [-0.2, 0) is 20.2 Å². The zero-order valence-corrected chi connectivity index (χ0v) is 26.4. The van der Waals surface area contributed by atoms with E-state index in [1.54, 1.807) is 24.3 Å². The first-order chi connectivity index (χ1) is 21.5. The highest BCUT2D eigenvalue weighted by Gasteiger charge is 2.20. The summed E-state index contributed by atoms with van der Waals surface area (Å²) in [7, 11) is -8.66. The fourth-order valence-electron chi connectivity index (χ4n) is 5.37. The first kappa shape index (κ1) is 31.8. The molecule has 0 heterocycles. The zero-order valence-electron chi connectivity index (χ0n) is 24.8. The van der Waals surface area contributed by atoms with Crippen molar-refractivity contribution < 1.29 is 30.5 Å². The van der Waals surface area contributed by atoms with Crippen LogP contribution in [0.1, 0.15) is 25.0 Å². The van der Waals surface area contributed by atoms with Crippen molar-refractivity contribution in [3.63, 3.8) is 0 Å². The molecule has 0 atom stereocenters. The molecule has 4 aromatic rings. The Morgan fingerprint density at radius 3 is 1.80 bits per heavy atom. The van der Waals surface area contributed by atoms with Gasteiger partial charge in [-0.05, 0) is 84.7 Å². The monoisotopic (exact) mass is 641 g/mol. The number of nitrogens with zero attached hydrogens (tertiary/aromatic N) is 2. The van der Waals surface area contributed by atoms with Crippen molar-refractivity contribution in [1.82, 2.24) is 0 Å². The molecule has 4 aromatic carbocycles. The summed E-state index contributed by atoms with van der Waals surface area (Å²) in [5.74, 6) is 0. The van der Waals surface area contributed by atoms with Gasteiger partial charge in [-0.3, -0.25) is 9.11 Å². The molecular weight excluding hydrogens is 609 g/mol. The topological polar surface area (TPSA) is 115 Å². The molecular formula is C35H33N2O6S2+. The van der Waals surface area contributed by atoms with Gasteiger partial charge in [0.25, 0.3) is 20.2 Å². The number of allylic oxidation sites excluding steroid dienone is 5. The van der Waals surface area contributed by atoms with Gasteiger partial charge < -0.3 is 4.90 Å². The molecule has 8 nitrogen and oxygen atoms in total. The quantitative estimate of drug-likeness (QED) is 0.148. The summed E-state index contributed by atoms with van der Waals surface area (Å²) in [6.07, 6.45) is 8.02. The normalized spacial score (nSPS) is 13.2. The van der Waals surface area contributed by atoms with Gasteiger partial charge in [0.1, 0.15) is 11.4 Å². The summed E-state index contributed by atoms with van der Waals surface area (Å²) in [4.78, 5) is 1.64. The number of hydrogen-bond acceptors (Lipinski definition) is 5. The largest absolute Gasteiger partial charge is 0.342 e. The minimum absolute atomic E-state index is 0.161. The van der Waals surface area contributed by atoms with E-state index in [-0.39, 0.29) is 9.79 Å². The van der Waals surface area contributed by atoms with E-state index >= 15 is 0 Å². The van der Waals surface area contributed by atoms with E-state index in [4.69, 9.17) is 0 Å². The zero-order chi connectivity index (χ0) is 32.2. The Bertz CT molecular complexity index is 2050. The second kappa shape index (κ2) is 13.2. The van der Waals surface area contributed by atoms with Crippen molar-refractivity contribution in [1.29, 1.82) is 0 Å². The summed E-state index contributed by atoms with van der Waals surface area (Å²) in [5, 5.41) is 0. The molecule has 1 aliphatic carbocycles. The molecule has 2 N–H and O–H groups in total. The number of anilines is 2. The molecule has 0 unspecified atom stereocenters. The van der Waals surface area contributed by atoms with Gasteiger partial charge in [-0.1, -0.05) is 54.6 Å². The van der Waals surface area contributed by atoms with Gasteiger partial charge in [-0.15, -0.1) is 0 Å². The standard InChI is InChI=1S/C35H32N2O6S2/c1-3-36(31-12-8-14-33(24-31)44(38,39)40)29-20-16-27(17-21-29)35(26-10-6-5-7-11-26)28-18-22-30(23-19-28)37(4-2)32-13-9-15-34(25-32)45(41,42)43/h5-25H,3-4H2,1-2H3,(H-,38,39,40,41,42,43)/p+1. The number of benzene rings is 4. The van der Waals surface area contributed by atoms with Crippen LogP contribution >= 0.6 is 0 Å². The highest BCUT2D eigenvalue weighted by Crippen LogP contribution is 2.33. The van der Waals surface area contributed by atoms with Crippen molar-refractivity contribution >= 4 is 48.6 Å². The van der Waals surface area contributed by atoms with E-state index in [0.29, 0.717) is 24.5 Å². The summed E-state index contributed by atoms with van der Waals surface area (Å²) < 4.78 is 67.9. The van der Waals surface area contributed by atoms with Crippen molar-refractivity contribution in [3.05, 3.63) is 144 Å². The Morgan fingerprint density at radius 2 is 1.22 bits per heavy atom. The van der Waals surface area contributed by atoms with Gasteiger partial charge >= 0.3 is 0 Å². The van der Waals surface area contributed by atoms with Crippen LogP contribution in [0.2, 0.25) is 0 Å². The van der Waals surface area contributed by atoms with E-state index < -0.39 is 20.2 Å². The van der Waals surface area contributed by atoms with Crippen molar-refractivity contribution in [2.45, 2.75) is 23.6 Å². The molecule has 0 spiro atoms.